The second-order valence-corrected chi connectivity index (χ2v) is 6.29. The van der Waals surface area contributed by atoms with Crippen molar-refractivity contribution in [1.29, 1.82) is 0 Å². The maximum absolute atomic E-state index is 5.66. The van der Waals surface area contributed by atoms with Gasteiger partial charge < -0.3 is 9.47 Å². The SMILES string of the molecule is CCCc1cc(C)c(OC)c(Cc2cc(C)c(OC)c(C)c2)c1. The fourth-order valence-electron chi connectivity index (χ4n) is 3.47. The van der Waals surface area contributed by atoms with Crippen LogP contribution in [0.3, 0.4) is 0 Å². The van der Waals surface area contributed by atoms with Gasteiger partial charge in [-0.1, -0.05) is 37.6 Å². The number of aryl methyl sites for hydroxylation is 4. The van der Waals surface area contributed by atoms with E-state index >= 15 is 0 Å². The molecule has 0 fully saturated rings. The molecule has 0 aliphatic rings. The molecule has 0 saturated heterocycles. The second kappa shape index (κ2) is 7.54. The molecule has 2 aromatic carbocycles. The zero-order chi connectivity index (χ0) is 17.0. The molecular formula is C21H28O2. The lowest BCUT2D eigenvalue weighted by molar-refractivity contribution is 0.406. The van der Waals surface area contributed by atoms with Gasteiger partial charge in [0.05, 0.1) is 14.2 Å². The van der Waals surface area contributed by atoms with Crippen molar-refractivity contribution < 1.29 is 9.47 Å². The third-order valence-corrected chi connectivity index (χ3v) is 4.27. The first-order valence-corrected chi connectivity index (χ1v) is 8.30. The van der Waals surface area contributed by atoms with E-state index in [0.717, 1.165) is 30.8 Å². The van der Waals surface area contributed by atoms with Crippen molar-refractivity contribution in [1.82, 2.24) is 0 Å². The number of methoxy groups -OCH3 is 2. The van der Waals surface area contributed by atoms with Gasteiger partial charge in [-0.15, -0.1) is 0 Å². The van der Waals surface area contributed by atoms with Crippen molar-refractivity contribution in [2.45, 2.75) is 47.0 Å². The van der Waals surface area contributed by atoms with Gasteiger partial charge in [-0.05, 0) is 60.6 Å². The summed E-state index contributed by atoms with van der Waals surface area (Å²) in [6.07, 6.45) is 3.15. The lowest BCUT2D eigenvalue weighted by Crippen LogP contribution is -2.00. The van der Waals surface area contributed by atoms with Gasteiger partial charge in [0.2, 0.25) is 0 Å². The summed E-state index contributed by atoms with van der Waals surface area (Å²) in [5.41, 5.74) is 7.54. The molecule has 0 N–H and O–H groups in total. The van der Waals surface area contributed by atoms with E-state index in [0.29, 0.717) is 0 Å². The number of hydrogen-bond acceptors (Lipinski definition) is 2. The van der Waals surface area contributed by atoms with Crippen molar-refractivity contribution >= 4 is 0 Å². The molecule has 0 atom stereocenters. The Morgan fingerprint density at radius 2 is 1.26 bits per heavy atom. The summed E-state index contributed by atoms with van der Waals surface area (Å²) in [5, 5.41) is 0. The molecule has 0 aromatic heterocycles. The van der Waals surface area contributed by atoms with E-state index in [1.807, 2.05) is 0 Å². The average molecular weight is 312 g/mol. The van der Waals surface area contributed by atoms with Crippen LogP contribution in [-0.4, -0.2) is 14.2 Å². The summed E-state index contributed by atoms with van der Waals surface area (Å²) in [7, 11) is 3.49. The predicted octanol–water partition coefficient (Wildman–Crippen LogP) is 5.17. The van der Waals surface area contributed by atoms with Crippen molar-refractivity contribution in [2.75, 3.05) is 14.2 Å². The van der Waals surface area contributed by atoms with E-state index in [1.54, 1.807) is 14.2 Å². The second-order valence-electron chi connectivity index (χ2n) is 6.29. The van der Waals surface area contributed by atoms with Crippen molar-refractivity contribution in [3.8, 4) is 11.5 Å². The highest BCUT2D eigenvalue weighted by atomic mass is 16.5. The van der Waals surface area contributed by atoms with Crippen LogP contribution in [0.5, 0.6) is 11.5 Å². The number of ether oxygens (including phenoxy) is 2. The topological polar surface area (TPSA) is 18.5 Å². The van der Waals surface area contributed by atoms with E-state index in [9.17, 15) is 0 Å². The quantitative estimate of drug-likeness (QED) is 0.732. The van der Waals surface area contributed by atoms with Gasteiger partial charge in [0.1, 0.15) is 11.5 Å². The molecule has 0 radical (unpaired) electrons. The molecule has 0 saturated carbocycles. The van der Waals surface area contributed by atoms with Crippen molar-refractivity contribution in [3.63, 3.8) is 0 Å². The fourth-order valence-corrected chi connectivity index (χ4v) is 3.47. The minimum atomic E-state index is 0.882. The number of benzene rings is 2. The standard InChI is InChI=1S/C21H28O2/c1-7-8-17-9-16(4)21(23-6)19(12-17)13-18-10-14(2)20(22-5)15(3)11-18/h9-12H,7-8,13H2,1-6H3. The highest BCUT2D eigenvalue weighted by Gasteiger charge is 2.12. The Bertz CT molecular complexity index is 663. The maximum atomic E-state index is 5.66. The molecule has 124 valence electrons. The largest absolute Gasteiger partial charge is 0.496 e. The fraction of sp³-hybridized carbons (Fsp3) is 0.429. The Kier molecular flexibility index (Phi) is 5.70. The van der Waals surface area contributed by atoms with Crippen LogP contribution < -0.4 is 9.47 Å². The van der Waals surface area contributed by atoms with Crippen LogP contribution in [0, 0.1) is 20.8 Å². The van der Waals surface area contributed by atoms with Crippen molar-refractivity contribution in [3.05, 3.63) is 57.6 Å². The first kappa shape index (κ1) is 17.4. The van der Waals surface area contributed by atoms with E-state index in [2.05, 4.69) is 52.0 Å². The molecule has 0 aliphatic heterocycles. The number of hydrogen-bond donors (Lipinski definition) is 0. The van der Waals surface area contributed by atoms with Crippen LogP contribution in [-0.2, 0) is 12.8 Å². The summed E-state index contributed by atoms with van der Waals surface area (Å²) >= 11 is 0. The zero-order valence-corrected chi connectivity index (χ0v) is 15.2. The van der Waals surface area contributed by atoms with Crippen LogP contribution in [0.15, 0.2) is 24.3 Å². The first-order valence-electron chi connectivity index (χ1n) is 8.30. The Hall–Kier alpha value is -1.96. The van der Waals surface area contributed by atoms with Gasteiger partial charge >= 0.3 is 0 Å². The van der Waals surface area contributed by atoms with Gasteiger partial charge in [0, 0.05) is 6.42 Å². The highest BCUT2D eigenvalue weighted by molar-refractivity contribution is 5.49. The van der Waals surface area contributed by atoms with Gasteiger partial charge in [-0.25, -0.2) is 0 Å². The lowest BCUT2D eigenvalue weighted by Gasteiger charge is -2.16. The Morgan fingerprint density at radius 3 is 1.78 bits per heavy atom. The molecule has 0 spiro atoms. The smallest absolute Gasteiger partial charge is 0.125 e. The minimum Gasteiger partial charge on any atom is -0.496 e. The van der Waals surface area contributed by atoms with E-state index in [-0.39, 0.29) is 0 Å². The van der Waals surface area contributed by atoms with Crippen LogP contribution in [0.25, 0.3) is 0 Å². The number of rotatable bonds is 6. The Labute approximate surface area is 140 Å². The molecule has 2 heteroatoms. The molecule has 23 heavy (non-hydrogen) atoms. The van der Waals surface area contributed by atoms with Gasteiger partial charge in [-0.2, -0.15) is 0 Å². The summed E-state index contributed by atoms with van der Waals surface area (Å²) < 4.78 is 11.1. The maximum Gasteiger partial charge on any atom is 0.125 e. The van der Waals surface area contributed by atoms with Crippen LogP contribution in [0.2, 0.25) is 0 Å². The highest BCUT2D eigenvalue weighted by Crippen LogP contribution is 2.30. The predicted molar refractivity (Wildman–Crippen MR) is 97.0 cm³/mol. The van der Waals surface area contributed by atoms with Crippen molar-refractivity contribution in [2.24, 2.45) is 0 Å². The van der Waals surface area contributed by atoms with Gasteiger partial charge in [0.15, 0.2) is 0 Å². The summed E-state index contributed by atoms with van der Waals surface area (Å²) in [4.78, 5) is 0. The first-order chi connectivity index (χ1) is 11.0. The Morgan fingerprint density at radius 1 is 0.739 bits per heavy atom. The average Bonchev–Trinajstić information content (AvgIpc) is 2.47. The van der Waals surface area contributed by atoms with Crippen LogP contribution in [0.4, 0.5) is 0 Å². The molecule has 0 amide bonds. The van der Waals surface area contributed by atoms with Crippen LogP contribution in [0.1, 0.15) is 46.7 Å². The molecule has 0 unspecified atom stereocenters. The lowest BCUT2D eigenvalue weighted by atomic mass is 9.95. The molecule has 2 aromatic rings. The third kappa shape index (κ3) is 3.87. The van der Waals surface area contributed by atoms with Gasteiger partial charge in [-0.3, -0.25) is 0 Å². The minimum absolute atomic E-state index is 0.882. The molecule has 2 nitrogen and oxygen atoms in total. The molecular weight excluding hydrogens is 284 g/mol. The van der Waals surface area contributed by atoms with E-state index in [4.69, 9.17) is 9.47 Å². The monoisotopic (exact) mass is 312 g/mol. The van der Waals surface area contributed by atoms with E-state index in [1.165, 1.54) is 33.4 Å². The van der Waals surface area contributed by atoms with Gasteiger partial charge in [0.25, 0.3) is 0 Å². The summed E-state index contributed by atoms with van der Waals surface area (Å²) in [6, 6.07) is 8.97. The summed E-state index contributed by atoms with van der Waals surface area (Å²) in [5.74, 6) is 1.99. The van der Waals surface area contributed by atoms with Crippen LogP contribution >= 0.6 is 0 Å². The molecule has 0 heterocycles. The van der Waals surface area contributed by atoms with E-state index < -0.39 is 0 Å². The molecule has 0 aliphatic carbocycles. The molecule has 0 bridgehead atoms. The normalized spacial score (nSPS) is 10.7. The molecule has 2 rings (SSSR count). The zero-order valence-electron chi connectivity index (χ0n) is 15.2. The third-order valence-electron chi connectivity index (χ3n) is 4.27. The summed E-state index contributed by atoms with van der Waals surface area (Å²) in [6.45, 7) is 8.55. The Balaban J connectivity index is 2.42.